The summed E-state index contributed by atoms with van der Waals surface area (Å²) in [5.74, 6) is 0.273. The molecular formula is C23H28N3O2S-. The number of aromatic nitrogens is 1. The van der Waals surface area contributed by atoms with Crippen LogP contribution in [0.2, 0.25) is 0 Å². The van der Waals surface area contributed by atoms with Crippen LogP contribution in [0.15, 0.2) is 48.5 Å². The second kappa shape index (κ2) is 7.84. The van der Waals surface area contributed by atoms with E-state index >= 15 is 0 Å². The highest BCUT2D eigenvalue weighted by molar-refractivity contribution is 7.73. The van der Waals surface area contributed by atoms with Gasteiger partial charge in [0.05, 0.1) is 11.8 Å². The summed E-state index contributed by atoms with van der Waals surface area (Å²) in [4.78, 5) is 2.34. The average molecular weight is 411 g/mol. The van der Waals surface area contributed by atoms with Crippen molar-refractivity contribution < 1.29 is 9.32 Å². The molecule has 2 N–H and O–H groups in total. The summed E-state index contributed by atoms with van der Waals surface area (Å²) in [6, 6.07) is 16.7. The van der Waals surface area contributed by atoms with Crippen LogP contribution in [0.3, 0.4) is 0 Å². The molecule has 0 saturated carbocycles. The van der Waals surface area contributed by atoms with Crippen LogP contribution in [0, 0.1) is 10.7 Å². The molecule has 2 aromatic carbocycles. The Balaban J connectivity index is 1.86. The molecule has 0 amide bonds. The Morgan fingerprint density at radius 3 is 2.59 bits per heavy atom. The molecule has 1 aliphatic rings. The second-order valence-corrected chi connectivity index (χ2v) is 9.40. The number of aryl methyl sites for hydroxylation is 1. The predicted molar refractivity (Wildman–Crippen MR) is 120 cm³/mol. The molecule has 154 valence electrons. The molecule has 29 heavy (non-hydrogen) atoms. The quantitative estimate of drug-likeness (QED) is 0.591. The fourth-order valence-electron chi connectivity index (χ4n) is 4.36. The maximum Gasteiger partial charge on any atom is 0.0557 e. The highest BCUT2D eigenvalue weighted by Gasteiger charge is 2.28. The molecule has 3 atom stereocenters. The van der Waals surface area contributed by atoms with E-state index in [2.05, 4.69) is 46.8 Å². The first-order valence-corrected chi connectivity index (χ1v) is 11.3. The largest absolute Gasteiger partial charge is 0.444 e. The van der Waals surface area contributed by atoms with Crippen molar-refractivity contribution in [1.82, 2.24) is 4.57 Å². The van der Waals surface area contributed by atoms with E-state index < -0.39 is 10.6 Å². The summed E-state index contributed by atoms with van der Waals surface area (Å²) in [5, 5.41) is 10.9. The van der Waals surface area contributed by atoms with E-state index in [0.29, 0.717) is 0 Å². The Labute approximate surface area is 174 Å². The van der Waals surface area contributed by atoms with Gasteiger partial charge >= 0.3 is 0 Å². The van der Waals surface area contributed by atoms with Crippen molar-refractivity contribution in [3.63, 3.8) is 0 Å². The number of hydrogen-bond donors (Lipinski definition) is 2. The lowest BCUT2D eigenvalue weighted by Gasteiger charge is -2.25. The standard InChI is InChI=1S/C23H28N3O2S/c1-15(27)19-10-11-26(14-19)22-9-8-17(16(2)29(24)28)12-20(22)23-13-18-6-4-5-7-21(18)25(23)3/h4-9,12-13,15-16,19,24,27H,10-11,14H2,1-3H3/q-1/t15?,16-,19+/m1/s1. The second-order valence-electron chi connectivity index (χ2n) is 8.10. The van der Waals surface area contributed by atoms with Gasteiger partial charge in [-0.25, -0.2) is 0 Å². The summed E-state index contributed by atoms with van der Waals surface area (Å²) in [6.07, 6.45) is 0.660. The molecule has 1 unspecified atom stereocenters. The van der Waals surface area contributed by atoms with Crippen LogP contribution >= 0.6 is 0 Å². The smallest absolute Gasteiger partial charge is 0.0557 e. The van der Waals surface area contributed by atoms with Crippen LogP contribution in [0.4, 0.5) is 5.69 Å². The Bertz CT molecular complexity index is 1110. The van der Waals surface area contributed by atoms with Crippen LogP contribution in [-0.4, -0.2) is 28.9 Å². The summed E-state index contributed by atoms with van der Waals surface area (Å²) in [7, 11) is 0.402. The highest BCUT2D eigenvalue weighted by Crippen LogP contribution is 2.38. The first-order valence-electron chi connectivity index (χ1n) is 10.1. The van der Waals surface area contributed by atoms with E-state index in [-0.39, 0.29) is 17.3 Å². The van der Waals surface area contributed by atoms with Crippen LogP contribution in [0.5, 0.6) is 0 Å². The topological polar surface area (TPSA) is 69.3 Å². The summed E-state index contributed by atoms with van der Waals surface area (Å²) < 4.78 is 21.6. The van der Waals surface area contributed by atoms with Crippen molar-refractivity contribution in [2.45, 2.75) is 31.6 Å². The average Bonchev–Trinajstić information content (AvgIpc) is 3.33. The fourth-order valence-corrected chi connectivity index (χ4v) is 4.75. The molecule has 0 bridgehead atoms. The van der Waals surface area contributed by atoms with E-state index in [9.17, 15) is 9.32 Å². The molecule has 2 heterocycles. The number of para-hydroxylation sites is 1. The third kappa shape index (κ3) is 3.67. The lowest BCUT2D eigenvalue weighted by Crippen LogP contribution is -2.24. The molecule has 1 saturated heterocycles. The molecular weight excluding hydrogens is 382 g/mol. The molecule has 0 radical (unpaired) electrons. The van der Waals surface area contributed by atoms with Gasteiger partial charge in [-0.2, -0.15) is 10.6 Å². The van der Waals surface area contributed by atoms with Gasteiger partial charge in [0.25, 0.3) is 0 Å². The van der Waals surface area contributed by atoms with E-state index in [0.717, 1.165) is 42.0 Å². The zero-order valence-corrected chi connectivity index (χ0v) is 17.9. The first-order chi connectivity index (χ1) is 13.9. The Kier molecular flexibility index (Phi) is 5.40. The van der Waals surface area contributed by atoms with Gasteiger partial charge in [0, 0.05) is 48.2 Å². The lowest BCUT2D eigenvalue weighted by atomic mass is 10.0. The number of nitrogens with one attached hydrogen (secondary N) is 1. The summed E-state index contributed by atoms with van der Waals surface area (Å²) in [6.45, 7) is 5.44. The zero-order valence-electron chi connectivity index (χ0n) is 17.1. The first kappa shape index (κ1) is 20.0. The van der Waals surface area contributed by atoms with Crippen molar-refractivity contribution >= 4 is 27.2 Å². The van der Waals surface area contributed by atoms with Gasteiger partial charge in [0.1, 0.15) is 0 Å². The third-order valence-electron chi connectivity index (χ3n) is 6.29. The van der Waals surface area contributed by atoms with Gasteiger partial charge in [-0.05, 0) is 37.6 Å². The Hall–Kier alpha value is -2.31. The van der Waals surface area contributed by atoms with Gasteiger partial charge in [-0.3, -0.25) is 0 Å². The molecule has 1 fully saturated rings. The third-order valence-corrected chi connectivity index (χ3v) is 7.20. The number of anilines is 1. The van der Waals surface area contributed by atoms with Crippen molar-refractivity contribution in [2.24, 2.45) is 13.0 Å². The predicted octanol–water partition coefficient (Wildman–Crippen LogP) is 4.84. The van der Waals surface area contributed by atoms with Crippen molar-refractivity contribution in [2.75, 3.05) is 18.0 Å². The number of nitrogens with zero attached hydrogens (tertiary/aromatic N) is 2. The molecule has 6 heteroatoms. The normalized spacial score (nSPS) is 19.2. The summed E-state index contributed by atoms with van der Waals surface area (Å²) >= 11 is 0. The van der Waals surface area contributed by atoms with Crippen molar-refractivity contribution in [1.29, 1.82) is 4.78 Å². The van der Waals surface area contributed by atoms with Crippen LogP contribution in [0.1, 0.15) is 31.1 Å². The number of fused-ring (bicyclic) bond motifs is 1. The van der Waals surface area contributed by atoms with Crippen LogP contribution in [-0.2, 0) is 21.9 Å². The van der Waals surface area contributed by atoms with Gasteiger partial charge in [0.15, 0.2) is 0 Å². The molecule has 1 aliphatic heterocycles. The fraction of sp³-hybridized carbons (Fsp3) is 0.391. The molecule has 0 spiro atoms. The maximum absolute atomic E-state index is 11.8. The monoisotopic (exact) mass is 410 g/mol. The number of rotatable bonds is 5. The van der Waals surface area contributed by atoms with Gasteiger partial charge in [0.2, 0.25) is 0 Å². The van der Waals surface area contributed by atoms with Crippen LogP contribution < -0.4 is 4.90 Å². The minimum atomic E-state index is -1.67. The van der Waals surface area contributed by atoms with E-state index in [1.54, 1.807) is 0 Å². The minimum Gasteiger partial charge on any atom is -0.444 e. The molecule has 5 nitrogen and oxygen atoms in total. The minimum absolute atomic E-state index is 0.273. The number of aliphatic hydroxyl groups excluding tert-OH is 1. The summed E-state index contributed by atoms with van der Waals surface area (Å²) in [5.41, 5.74) is 5.40. The highest BCUT2D eigenvalue weighted by atomic mass is 32.2. The van der Waals surface area contributed by atoms with E-state index in [1.165, 1.54) is 10.9 Å². The molecule has 1 aromatic heterocycles. The number of aliphatic hydroxyl groups is 1. The van der Waals surface area contributed by atoms with Gasteiger partial charge < -0.3 is 23.6 Å². The molecule has 3 aromatic rings. The Morgan fingerprint density at radius 2 is 1.93 bits per heavy atom. The van der Waals surface area contributed by atoms with Crippen LogP contribution in [0.25, 0.3) is 22.2 Å². The van der Waals surface area contributed by atoms with E-state index in [1.807, 2.05) is 32.0 Å². The lowest BCUT2D eigenvalue weighted by molar-refractivity contribution is 0.136. The van der Waals surface area contributed by atoms with Gasteiger partial charge in [-0.1, -0.05) is 42.0 Å². The van der Waals surface area contributed by atoms with Crippen molar-refractivity contribution in [3.05, 3.63) is 54.1 Å². The molecule has 0 aliphatic carbocycles. The number of benzene rings is 2. The Morgan fingerprint density at radius 1 is 1.17 bits per heavy atom. The van der Waals surface area contributed by atoms with E-state index in [4.69, 9.17) is 4.78 Å². The van der Waals surface area contributed by atoms with Gasteiger partial charge in [-0.15, -0.1) is 0 Å². The molecule has 4 rings (SSSR count). The maximum atomic E-state index is 11.8. The SMILES string of the molecule is CC(O)[C@H]1CCN(c2ccc([C@@H](C)[S-](=N)=O)cc2-c2cc3ccccc3n2C)C1. The zero-order chi connectivity index (χ0) is 20.7. The number of hydrogen-bond acceptors (Lipinski definition) is 5. The van der Waals surface area contributed by atoms with Crippen molar-refractivity contribution in [3.8, 4) is 11.3 Å².